The molecule has 0 aromatic rings. The molecule has 0 aromatic carbocycles. The van der Waals surface area contributed by atoms with Crippen LogP contribution in [0.2, 0.25) is 0 Å². The molecule has 1 aliphatic carbocycles. The summed E-state index contributed by atoms with van der Waals surface area (Å²) < 4.78 is 5.27. The van der Waals surface area contributed by atoms with Crippen molar-refractivity contribution in [3.8, 4) is 0 Å². The number of amides is 1. The molecule has 104 valence electrons. The summed E-state index contributed by atoms with van der Waals surface area (Å²) in [5, 5.41) is 0. The second-order valence-electron chi connectivity index (χ2n) is 5.97. The van der Waals surface area contributed by atoms with Crippen LogP contribution < -0.4 is 0 Å². The minimum absolute atomic E-state index is 0.256. The van der Waals surface area contributed by atoms with Crippen molar-refractivity contribution in [2.24, 2.45) is 11.8 Å². The molecule has 0 N–H and O–H groups in total. The molecule has 1 saturated carbocycles. The lowest BCUT2D eigenvalue weighted by molar-refractivity contribution is -0.136. The van der Waals surface area contributed by atoms with Gasteiger partial charge in [0.15, 0.2) is 0 Å². The van der Waals surface area contributed by atoms with Gasteiger partial charge in [0.2, 0.25) is 5.91 Å². The van der Waals surface area contributed by atoms with Gasteiger partial charge in [-0.3, -0.25) is 9.69 Å². The zero-order valence-electron chi connectivity index (χ0n) is 11.7. The number of carbonyl (C=O) groups excluding carboxylic acids is 1. The smallest absolute Gasteiger partial charge is 0.236 e. The maximum atomic E-state index is 12.1. The number of hydrogen-bond donors (Lipinski definition) is 0. The van der Waals surface area contributed by atoms with Gasteiger partial charge < -0.3 is 9.64 Å². The molecule has 2 rings (SSSR count). The van der Waals surface area contributed by atoms with E-state index in [1.807, 2.05) is 4.90 Å². The molecule has 4 nitrogen and oxygen atoms in total. The van der Waals surface area contributed by atoms with E-state index < -0.39 is 0 Å². The van der Waals surface area contributed by atoms with Crippen molar-refractivity contribution in [1.82, 2.24) is 9.80 Å². The Morgan fingerprint density at radius 2 is 2.06 bits per heavy atom. The van der Waals surface area contributed by atoms with Crippen molar-refractivity contribution in [3.63, 3.8) is 0 Å². The third kappa shape index (κ3) is 3.95. The Morgan fingerprint density at radius 1 is 1.33 bits per heavy atom. The minimum Gasteiger partial charge on any atom is -0.378 e. The van der Waals surface area contributed by atoms with E-state index in [2.05, 4.69) is 18.9 Å². The number of carbonyl (C=O) groups is 1. The number of hydrogen-bond acceptors (Lipinski definition) is 3. The molecule has 1 amide bonds. The molecule has 2 atom stereocenters. The zero-order valence-corrected chi connectivity index (χ0v) is 11.7. The quantitative estimate of drug-likeness (QED) is 0.756. The minimum atomic E-state index is 0.256. The highest BCUT2D eigenvalue weighted by Gasteiger charge is 2.24. The molecule has 1 aliphatic heterocycles. The Labute approximate surface area is 110 Å². The van der Waals surface area contributed by atoms with Crippen molar-refractivity contribution in [3.05, 3.63) is 0 Å². The van der Waals surface area contributed by atoms with Crippen LogP contribution in [0.25, 0.3) is 0 Å². The number of morpholine rings is 1. The molecule has 18 heavy (non-hydrogen) atoms. The third-order valence-corrected chi connectivity index (χ3v) is 4.14. The number of ether oxygens (including phenoxy) is 1. The first-order valence-corrected chi connectivity index (χ1v) is 7.19. The first-order chi connectivity index (χ1) is 8.65. The predicted molar refractivity (Wildman–Crippen MR) is 71.4 cm³/mol. The Hall–Kier alpha value is -0.610. The van der Waals surface area contributed by atoms with Crippen LogP contribution in [0.1, 0.15) is 26.2 Å². The van der Waals surface area contributed by atoms with Gasteiger partial charge in [-0.1, -0.05) is 13.3 Å². The molecule has 2 aliphatic rings. The van der Waals surface area contributed by atoms with Gasteiger partial charge in [0.25, 0.3) is 0 Å². The van der Waals surface area contributed by atoms with Crippen molar-refractivity contribution >= 4 is 5.91 Å². The normalized spacial score (nSPS) is 28.9. The second kappa shape index (κ2) is 6.53. The molecule has 0 radical (unpaired) electrons. The van der Waals surface area contributed by atoms with Crippen LogP contribution in [0.5, 0.6) is 0 Å². The van der Waals surface area contributed by atoms with E-state index in [0.717, 1.165) is 31.5 Å². The Kier molecular flexibility index (Phi) is 5.01. The second-order valence-corrected chi connectivity index (χ2v) is 5.97. The third-order valence-electron chi connectivity index (χ3n) is 4.14. The summed E-state index contributed by atoms with van der Waals surface area (Å²) >= 11 is 0. The van der Waals surface area contributed by atoms with Crippen LogP contribution in [-0.2, 0) is 9.53 Å². The fourth-order valence-corrected chi connectivity index (χ4v) is 3.14. The summed E-state index contributed by atoms with van der Waals surface area (Å²) in [5.41, 5.74) is 0. The molecule has 0 bridgehead atoms. The molecule has 2 fully saturated rings. The molecule has 1 saturated heterocycles. The lowest BCUT2D eigenvalue weighted by atomic mass is 10.1. The summed E-state index contributed by atoms with van der Waals surface area (Å²) in [4.78, 5) is 16.2. The van der Waals surface area contributed by atoms with Crippen molar-refractivity contribution in [2.75, 3.05) is 46.4 Å². The van der Waals surface area contributed by atoms with Gasteiger partial charge >= 0.3 is 0 Å². The highest BCUT2D eigenvalue weighted by Crippen LogP contribution is 2.30. The maximum Gasteiger partial charge on any atom is 0.236 e. The van der Waals surface area contributed by atoms with Crippen molar-refractivity contribution < 1.29 is 9.53 Å². The highest BCUT2D eigenvalue weighted by atomic mass is 16.5. The van der Waals surface area contributed by atoms with E-state index in [-0.39, 0.29) is 5.91 Å². The van der Waals surface area contributed by atoms with Crippen LogP contribution in [0.15, 0.2) is 0 Å². The molecule has 4 heteroatoms. The summed E-state index contributed by atoms with van der Waals surface area (Å²) in [7, 11) is 2.07. The standard InChI is InChI=1S/C14H26N2O2/c1-12-3-4-13(9-12)10-15(2)11-14(17)16-5-7-18-8-6-16/h12-13H,3-11H2,1-2H3/t12-,13-/m0/s1. The zero-order chi connectivity index (χ0) is 13.0. The fraction of sp³-hybridized carbons (Fsp3) is 0.929. The van der Waals surface area contributed by atoms with Gasteiger partial charge in [-0.05, 0) is 31.7 Å². The van der Waals surface area contributed by atoms with Gasteiger partial charge in [-0.2, -0.15) is 0 Å². The Morgan fingerprint density at radius 3 is 2.67 bits per heavy atom. The van der Waals surface area contributed by atoms with Gasteiger partial charge in [-0.15, -0.1) is 0 Å². The molecule has 1 heterocycles. The number of nitrogens with zero attached hydrogens (tertiary/aromatic N) is 2. The average molecular weight is 254 g/mol. The first kappa shape index (κ1) is 13.8. The fourth-order valence-electron chi connectivity index (χ4n) is 3.14. The van der Waals surface area contributed by atoms with E-state index in [4.69, 9.17) is 4.74 Å². The van der Waals surface area contributed by atoms with E-state index in [1.165, 1.54) is 19.3 Å². The highest BCUT2D eigenvalue weighted by molar-refractivity contribution is 5.78. The summed E-state index contributed by atoms with van der Waals surface area (Å²) in [6.45, 7) is 6.86. The summed E-state index contributed by atoms with van der Waals surface area (Å²) in [6, 6.07) is 0. The lowest BCUT2D eigenvalue weighted by Crippen LogP contribution is -2.45. The lowest BCUT2D eigenvalue weighted by Gasteiger charge is -2.29. The van der Waals surface area contributed by atoms with Crippen LogP contribution in [0.4, 0.5) is 0 Å². The molecular weight excluding hydrogens is 228 g/mol. The Balaban J connectivity index is 1.69. The van der Waals surface area contributed by atoms with Crippen molar-refractivity contribution in [2.45, 2.75) is 26.2 Å². The monoisotopic (exact) mass is 254 g/mol. The van der Waals surface area contributed by atoms with Crippen LogP contribution in [-0.4, -0.2) is 62.1 Å². The van der Waals surface area contributed by atoms with Crippen LogP contribution in [0.3, 0.4) is 0 Å². The topological polar surface area (TPSA) is 32.8 Å². The number of rotatable bonds is 4. The van der Waals surface area contributed by atoms with E-state index in [0.29, 0.717) is 19.8 Å². The predicted octanol–water partition coefficient (Wildman–Crippen LogP) is 1.21. The van der Waals surface area contributed by atoms with Gasteiger partial charge in [0, 0.05) is 19.6 Å². The maximum absolute atomic E-state index is 12.1. The average Bonchev–Trinajstić information content (AvgIpc) is 2.75. The SMILES string of the molecule is C[C@H]1CC[C@H](CN(C)CC(=O)N2CCOCC2)C1. The van der Waals surface area contributed by atoms with E-state index in [9.17, 15) is 4.79 Å². The van der Waals surface area contributed by atoms with Crippen molar-refractivity contribution in [1.29, 1.82) is 0 Å². The molecular formula is C14H26N2O2. The van der Waals surface area contributed by atoms with Gasteiger partial charge in [-0.25, -0.2) is 0 Å². The molecule has 0 unspecified atom stereocenters. The van der Waals surface area contributed by atoms with Crippen LogP contribution in [0, 0.1) is 11.8 Å². The van der Waals surface area contributed by atoms with E-state index in [1.54, 1.807) is 0 Å². The Bertz CT molecular complexity index is 277. The first-order valence-electron chi connectivity index (χ1n) is 7.19. The molecule has 0 aromatic heterocycles. The van der Waals surface area contributed by atoms with Crippen LogP contribution >= 0.6 is 0 Å². The van der Waals surface area contributed by atoms with E-state index >= 15 is 0 Å². The van der Waals surface area contributed by atoms with Gasteiger partial charge in [0.05, 0.1) is 19.8 Å². The largest absolute Gasteiger partial charge is 0.378 e. The molecule has 0 spiro atoms. The van der Waals surface area contributed by atoms with Gasteiger partial charge in [0.1, 0.15) is 0 Å². The summed E-state index contributed by atoms with van der Waals surface area (Å²) in [6.07, 6.45) is 4.02. The number of likely N-dealkylation sites (N-methyl/N-ethyl adjacent to an activating group) is 1. The summed E-state index contributed by atoms with van der Waals surface area (Å²) in [5.74, 6) is 1.92.